The van der Waals surface area contributed by atoms with E-state index in [1.807, 2.05) is 60.7 Å². The minimum Gasteiger partial charge on any atom is -0.488 e. The molecule has 0 spiro atoms. The van der Waals surface area contributed by atoms with Gasteiger partial charge in [-0.05, 0) is 69.5 Å². The van der Waals surface area contributed by atoms with Crippen molar-refractivity contribution in [3.63, 3.8) is 0 Å². The average Bonchev–Trinajstić information content (AvgIpc) is 2.72. The number of nitrogens with one attached hydrogen (secondary N) is 1. The van der Waals surface area contributed by atoms with E-state index in [0.717, 1.165) is 15.6 Å². The number of anilines is 1. The van der Waals surface area contributed by atoms with Gasteiger partial charge in [0.15, 0.2) is 6.61 Å². The summed E-state index contributed by atoms with van der Waals surface area (Å²) < 4.78 is 6.60. The third kappa shape index (κ3) is 6.93. The molecule has 0 saturated heterocycles. The van der Waals surface area contributed by atoms with Gasteiger partial charge in [0.1, 0.15) is 12.4 Å². The van der Waals surface area contributed by atoms with Crippen LogP contribution in [0.25, 0.3) is 0 Å². The average molecular weight is 474 g/mol. The zero-order chi connectivity index (χ0) is 20.5. The Bertz CT molecular complexity index is 979. The SMILES string of the molecule is O=C(CO/N=C/c1ccc(OCc2ccc(Cl)cc2)c(Br)c1)Nc1ccccc1. The molecule has 1 N–H and O–H groups in total. The van der Waals surface area contributed by atoms with Crippen molar-refractivity contribution >= 4 is 45.3 Å². The van der Waals surface area contributed by atoms with E-state index in [1.165, 1.54) is 6.21 Å². The van der Waals surface area contributed by atoms with Crippen LogP contribution in [0.5, 0.6) is 5.75 Å². The number of hydrogen-bond acceptors (Lipinski definition) is 4. The highest BCUT2D eigenvalue weighted by Gasteiger charge is 2.04. The van der Waals surface area contributed by atoms with E-state index in [-0.39, 0.29) is 12.5 Å². The molecule has 0 aliphatic heterocycles. The number of amides is 1. The van der Waals surface area contributed by atoms with Crippen molar-refractivity contribution in [2.45, 2.75) is 6.61 Å². The summed E-state index contributed by atoms with van der Waals surface area (Å²) in [5, 5.41) is 7.25. The first-order valence-corrected chi connectivity index (χ1v) is 9.94. The van der Waals surface area contributed by atoms with Crippen molar-refractivity contribution in [1.82, 2.24) is 0 Å². The van der Waals surface area contributed by atoms with Crippen LogP contribution in [0.2, 0.25) is 5.02 Å². The third-order valence-corrected chi connectivity index (χ3v) is 4.66. The van der Waals surface area contributed by atoms with Crippen molar-refractivity contribution in [1.29, 1.82) is 0 Å². The van der Waals surface area contributed by atoms with Gasteiger partial charge in [0.05, 0.1) is 10.7 Å². The minimum absolute atomic E-state index is 0.172. The summed E-state index contributed by atoms with van der Waals surface area (Å²) in [6.07, 6.45) is 1.53. The molecule has 0 heterocycles. The van der Waals surface area contributed by atoms with Crippen molar-refractivity contribution in [3.05, 3.63) is 93.4 Å². The van der Waals surface area contributed by atoms with Gasteiger partial charge in [0.2, 0.25) is 0 Å². The highest BCUT2D eigenvalue weighted by molar-refractivity contribution is 9.10. The molecule has 7 heteroatoms. The molecule has 0 aliphatic rings. The standard InChI is InChI=1S/C22H18BrClN2O3/c23-20-12-17(8-11-21(20)28-14-16-6-9-18(24)10-7-16)13-25-29-15-22(27)26-19-4-2-1-3-5-19/h1-13H,14-15H2,(H,26,27)/b25-13+. The number of oxime groups is 1. The zero-order valence-corrected chi connectivity index (χ0v) is 17.7. The maximum absolute atomic E-state index is 11.8. The quantitative estimate of drug-likeness (QED) is 0.339. The molecule has 0 saturated carbocycles. The molecule has 5 nitrogen and oxygen atoms in total. The lowest BCUT2D eigenvalue weighted by atomic mass is 10.2. The molecule has 29 heavy (non-hydrogen) atoms. The summed E-state index contributed by atoms with van der Waals surface area (Å²) in [4.78, 5) is 16.8. The smallest absolute Gasteiger partial charge is 0.265 e. The molecule has 3 aromatic carbocycles. The fourth-order valence-corrected chi connectivity index (χ4v) is 3.01. The molecule has 0 radical (unpaired) electrons. The Morgan fingerprint density at radius 2 is 1.83 bits per heavy atom. The zero-order valence-electron chi connectivity index (χ0n) is 15.3. The van der Waals surface area contributed by atoms with Gasteiger partial charge in [-0.2, -0.15) is 0 Å². The number of para-hydroxylation sites is 1. The van der Waals surface area contributed by atoms with Crippen molar-refractivity contribution in [2.75, 3.05) is 11.9 Å². The van der Waals surface area contributed by atoms with Crippen LogP contribution < -0.4 is 10.1 Å². The molecule has 0 bridgehead atoms. The Hall–Kier alpha value is -2.83. The number of carbonyl (C=O) groups is 1. The molecule has 148 valence electrons. The van der Waals surface area contributed by atoms with Crippen LogP contribution in [-0.2, 0) is 16.2 Å². The van der Waals surface area contributed by atoms with E-state index < -0.39 is 0 Å². The molecule has 0 aliphatic carbocycles. The summed E-state index contributed by atoms with van der Waals surface area (Å²) in [5.74, 6) is 0.431. The Morgan fingerprint density at radius 1 is 1.07 bits per heavy atom. The van der Waals surface area contributed by atoms with Crippen LogP contribution in [0, 0.1) is 0 Å². The fraction of sp³-hybridized carbons (Fsp3) is 0.0909. The molecule has 0 unspecified atom stereocenters. The topological polar surface area (TPSA) is 59.9 Å². The molecular formula is C22H18BrClN2O3. The second kappa shape index (κ2) is 10.6. The van der Waals surface area contributed by atoms with Crippen molar-refractivity contribution in [3.8, 4) is 5.75 Å². The molecular weight excluding hydrogens is 456 g/mol. The monoisotopic (exact) mass is 472 g/mol. The maximum atomic E-state index is 11.8. The molecule has 0 aromatic heterocycles. The molecule has 0 fully saturated rings. The number of nitrogens with zero attached hydrogens (tertiary/aromatic N) is 1. The Morgan fingerprint density at radius 3 is 2.55 bits per heavy atom. The van der Waals surface area contributed by atoms with E-state index in [4.69, 9.17) is 21.2 Å². The number of ether oxygens (including phenoxy) is 1. The van der Waals surface area contributed by atoms with Gasteiger partial charge < -0.3 is 14.9 Å². The first-order chi connectivity index (χ1) is 14.1. The number of rotatable bonds is 8. The summed E-state index contributed by atoms with van der Waals surface area (Å²) in [7, 11) is 0. The summed E-state index contributed by atoms with van der Waals surface area (Å²) in [5.41, 5.74) is 2.54. The Labute approximate surface area is 182 Å². The third-order valence-electron chi connectivity index (χ3n) is 3.79. The van der Waals surface area contributed by atoms with Gasteiger partial charge in [-0.1, -0.05) is 47.1 Å². The first kappa shape index (κ1) is 20.9. The summed E-state index contributed by atoms with van der Waals surface area (Å²) in [6, 6.07) is 22.2. The predicted molar refractivity (Wildman–Crippen MR) is 119 cm³/mol. The Balaban J connectivity index is 1.46. The van der Waals surface area contributed by atoms with E-state index >= 15 is 0 Å². The lowest BCUT2D eigenvalue weighted by Crippen LogP contribution is -2.16. The van der Waals surface area contributed by atoms with Gasteiger partial charge in [-0.15, -0.1) is 0 Å². The normalized spacial score (nSPS) is 10.7. The highest BCUT2D eigenvalue weighted by atomic mass is 79.9. The van der Waals surface area contributed by atoms with Crippen LogP contribution in [0.3, 0.4) is 0 Å². The first-order valence-electron chi connectivity index (χ1n) is 8.77. The van der Waals surface area contributed by atoms with E-state index in [1.54, 1.807) is 12.1 Å². The van der Waals surface area contributed by atoms with Crippen LogP contribution in [-0.4, -0.2) is 18.7 Å². The van der Waals surface area contributed by atoms with Crippen molar-refractivity contribution in [2.24, 2.45) is 5.16 Å². The van der Waals surface area contributed by atoms with Gasteiger partial charge in [0.25, 0.3) is 5.91 Å². The van der Waals surface area contributed by atoms with E-state index in [0.29, 0.717) is 23.1 Å². The number of carbonyl (C=O) groups excluding carboxylic acids is 1. The number of benzene rings is 3. The van der Waals surface area contributed by atoms with Gasteiger partial charge in [-0.3, -0.25) is 4.79 Å². The molecule has 1 amide bonds. The second-order valence-electron chi connectivity index (χ2n) is 6.03. The van der Waals surface area contributed by atoms with Crippen molar-refractivity contribution < 1.29 is 14.4 Å². The van der Waals surface area contributed by atoms with E-state index in [9.17, 15) is 4.79 Å². The minimum atomic E-state index is -0.277. The molecule has 0 atom stereocenters. The summed E-state index contributed by atoms with van der Waals surface area (Å²) in [6.45, 7) is 0.262. The van der Waals surface area contributed by atoms with Crippen LogP contribution in [0.15, 0.2) is 82.4 Å². The maximum Gasteiger partial charge on any atom is 0.265 e. The number of halogens is 2. The second-order valence-corrected chi connectivity index (χ2v) is 7.32. The lowest BCUT2D eigenvalue weighted by molar-refractivity contribution is -0.120. The lowest BCUT2D eigenvalue weighted by Gasteiger charge is -2.09. The fourth-order valence-electron chi connectivity index (χ4n) is 2.37. The van der Waals surface area contributed by atoms with Gasteiger partial charge in [0, 0.05) is 10.7 Å². The molecule has 3 aromatic rings. The predicted octanol–water partition coefficient (Wildman–Crippen LogP) is 5.67. The Kier molecular flexibility index (Phi) is 7.67. The van der Waals surface area contributed by atoms with Crippen LogP contribution in [0.1, 0.15) is 11.1 Å². The number of hydrogen-bond donors (Lipinski definition) is 1. The van der Waals surface area contributed by atoms with Crippen LogP contribution in [0.4, 0.5) is 5.69 Å². The van der Waals surface area contributed by atoms with E-state index in [2.05, 4.69) is 26.4 Å². The van der Waals surface area contributed by atoms with Crippen LogP contribution >= 0.6 is 27.5 Å². The highest BCUT2D eigenvalue weighted by Crippen LogP contribution is 2.26. The van der Waals surface area contributed by atoms with Gasteiger partial charge in [-0.25, -0.2) is 0 Å². The largest absolute Gasteiger partial charge is 0.488 e. The summed E-state index contributed by atoms with van der Waals surface area (Å²) >= 11 is 9.37. The van der Waals surface area contributed by atoms with Gasteiger partial charge >= 0.3 is 0 Å². The molecule has 3 rings (SSSR count).